The van der Waals surface area contributed by atoms with Gasteiger partial charge in [0.2, 0.25) is 10.0 Å². The first kappa shape index (κ1) is 12.1. The Morgan fingerprint density at radius 2 is 1.94 bits per heavy atom. The van der Waals surface area contributed by atoms with Crippen LogP contribution in [0.2, 0.25) is 0 Å². The van der Waals surface area contributed by atoms with E-state index >= 15 is 0 Å². The molecule has 6 nitrogen and oxygen atoms in total. The first-order valence-electron chi connectivity index (χ1n) is 5.38. The number of rotatable bonds is 2. The molecule has 94 valence electrons. The lowest BCUT2D eigenvalue weighted by Crippen LogP contribution is -2.48. The standard InChI is InChI=1S/C10H16N4O2S/c1-17(15,16)14-6-4-13(5-7-14)9-2-3-12-10(11)8-9/h2-3,8H,4-7H2,1H3,(H2,11,12). The quantitative estimate of drug-likeness (QED) is 0.789. The molecule has 1 saturated heterocycles. The highest BCUT2D eigenvalue weighted by atomic mass is 32.2. The number of anilines is 2. The van der Waals surface area contributed by atoms with Gasteiger partial charge in [0.1, 0.15) is 5.82 Å². The number of piperazine rings is 1. The molecular weight excluding hydrogens is 240 g/mol. The predicted molar refractivity (Wildman–Crippen MR) is 67.3 cm³/mol. The molecule has 0 bridgehead atoms. The van der Waals surface area contributed by atoms with Gasteiger partial charge in [-0.05, 0) is 6.07 Å². The third-order valence-electron chi connectivity index (χ3n) is 2.84. The van der Waals surface area contributed by atoms with Gasteiger partial charge >= 0.3 is 0 Å². The smallest absolute Gasteiger partial charge is 0.211 e. The number of nitrogens with two attached hydrogens (primary N) is 1. The fourth-order valence-corrected chi connectivity index (χ4v) is 2.74. The van der Waals surface area contributed by atoms with Gasteiger partial charge in [-0.3, -0.25) is 0 Å². The zero-order valence-electron chi connectivity index (χ0n) is 9.70. The van der Waals surface area contributed by atoms with Crippen LogP contribution in [-0.2, 0) is 10.0 Å². The number of hydrogen-bond donors (Lipinski definition) is 1. The van der Waals surface area contributed by atoms with Gasteiger partial charge in [0, 0.05) is 44.1 Å². The highest BCUT2D eigenvalue weighted by Crippen LogP contribution is 2.18. The summed E-state index contributed by atoms with van der Waals surface area (Å²) in [5.74, 6) is 0.480. The molecule has 0 spiro atoms. The number of pyridine rings is 1. The first-order chi connectivity index (χ1) is 7.97. The van der Waals surface area contributed by atoms with E-state index in [2.05, 4.69) is 9.88 Å². The van der Waals surface area contributed by atoms with Crippen molar-refractivity contribution < 1.29 is 8.42 Å². The van der Waals surface area contributed by atoms with Crippen molar-refractivity contribution >= 4 is 21.5 Å². The van der Waals surface area contributed by atoms with Gasteiger partial charge in [0.25, 0.3) is 0 Å². The summed E-state index contributed by atoms with van der Waals surface area (Å²) in [7, 11) is -3.07. The van der Waals surface area contributed by atoms with Crippen LogP contribution in [0.3, 0.4) is 0 Å². The molecule has 7 heteroatoms. The molecule has 17 heavy (non-hydrogen) atoms. The minimum Gasteiger partial charge on any atom is -0.384 e. The summed E-state index contributed by atoms with van der Waals surface area (Å²) < 4.78 is 24.2. The van der Waals surface area contributed by atoms with Crippen LogP contribution < -0.4 is 10.6 Å². The van der Waals surface area contributed by atoms with E-state index in [1.807, 2.05) is 6.07 Å². The van der Waals surface area contributed by atoms with E-state index in [-0.39, 0.29) is 0 Å². The second-order valence-electron chi connectivity index (χ2n) is 4.09. The Morgan fingerprint density at radius 1 is 1.29 bits per heavy atom. The summed E-state index contributed by atoms with van der Waals surface area (Å²) in [5.41, 5.74) is 6.61. The second-order valence-corrected chi connectivity index (χ2v) is 6.07. The molecule has 1 aliphatic heterocycles. The zero-order chi connectivity index (χ0) is 12.5. The minimum absolute atomic E-state index is 0.480. The predicted octanol–water partition coefficient (Wildman–Crippen LogP) is -0.255. The Bertz CT molecular complexity index is 495. The summed E-state index contributed by atoms with van der Waals surface area (Å²) in [6.45, 7) is 2.38. The lowest BCUT2D eigenvalue weighted by molar-refractivity contribution is 0.388. The normalized spacial score (nSPS) is 18.3. The van der Waals surface area contributed by atoms with Crippen molar-refractivity contribution in [3.63, 3.8) is 0 Å². The molecule has 0 atom stereocenters. The number of nitrogens with zero attached hydrogens (tertiary/aromatic N) is 3. The van der Waals surface area contributed by atoms with Crippen molar-refractivity contribution in [1.29, 1.82) is 0 Å². The highest BCUT2D eigenvalue weighted by molar-refractivity contribution is 7.88. The van der Waals surface area contributed by atoms with Crippen LogP contribution in [0.1, 0.15) is 0 Å². The third kappa shape index (κ3) is 2.86. The van der Waals surface area contributed by atoms with Crippen molar-refractivity contribution in [2.75, 3.05) is 43.1 Å². The average molecular weight is 256 g/mol. The van der Waals surface area contributed by atoms with Crippen molar-refractivity contribution in [2.45, 2.75) is 0 Å². The number of sulfonamides is 1. The van der Waals surface area contributed by atoms with Crippen molar-refractivity contribution in [3.8, 4) is 0 Å². The van der Waals surface area contributed by atoms with Crippen LogP contribution in [0.25, 0.3) is 0 Å². The van der Waals surface area contributed by atoms with Gasteiger partial charge in [-0.2, -0.15) is 4.31 Å². The molecule has 2 heterocycles. The topological polar surface area (TPSA) is 79.5 Å². The fraction of sp³-hybridized carbons (Fsp3) is 0.500. The molecule has 0 saturated carbocycles. The molecule has 0 aromatic carbocycles. The molecule has 0 radical (unpaired) electrons. The van der Waals surface area contributed by atoms with Gasteiger partial charge < -0.3 is 10.6 Å². The maximum absolute atomic E-state index is 11.4. The summed E-state index contributed by atoms with van der Waals surface area (Å²) in [6.07, 6.45) is 2.90. The van der Waals surface area contributed by atoms with Crippen LogP contribution in [0, 0.1) is 0 Å². The molecule has 0 aliphatic carbocycles. The van der Waals surface area contributed by atoms with Gasteiger partial charge in [-0.15, -0.1) is 0 Å². The lowest BCUT2D eigenvalue weighted by Gasteiger charge is -2.34. The molecule has 1 fully saturated rings. The van der Waals surface area contributed by atoms with Gasteiger partial charge in [-0.25, -0.2) is 13.4 Å². The summed E-state index contributed by atoms with van der Waals surface area (Å²) in [6, 6.07) is 3.68. The molecular formula is C10H16N4O2S. The average Bonchev–Trinajstić information content (AvgIpc) is 2.28. The maximum atomic E-state index is 11.4. The first-order valence-corrected chi connectivity index (χ1v) is 7.23. The molecule has 0 amide bonds. The van der Waals surface area contributed by atoms with Crippen LogP contribution in [0.15, 0.2) is 18.3 Å². The largest absolute Gasteiger partial charge is 0.384 e. The Labute approximate surface area is 101 Å². The monoisotopic (exact) mass is 256 g/mol. The third-order valence-corrected chi connectivity index (χ3v) is 4.14. The van der Waals surface area contributed by atoms with E-state index in [0.717, 1.165) is 5.69 Å². The Morgan fingerprint density at radius 3 is 2.47 bits per heavy atom. The van der Waals surface area contributed by atoms with Crippen LogP contribution in [-0.4, -0.2) is 50.1 Å². The van der Waals surface area contributed by atoms with Crippen LogP contribution in [0.5, 0.6) is 0 Å². The van der Waals surface area contributed by atoms with Crippen molar-refractivity contribution in [3.05, 3.63) is 18.3 Å². The highest BCUT2D eigenvalue weighted by Gasteiger charge is 2.23. The number of aromatic nitrogens is 1. The van der Waals surface area contributed by atoms with Crippen LogP contribution >= 0.6 is 0 Å². The SMILES string of the molecule is CS(=O)(=O)N1CCN(c2ccnc(N)c2)CC1. The van der Waals surface area contributed by atoms with Gasteiger partial charge in [0.15, 0.2) is 0 Å². The van der Waals surface area contributed by atoms with Gasteiger partial charge in [-0.1, -0.05) is 0 Å². The molecule has 1 aromatic rings. The van der Waals surface area contributed by atoms with Crippen LogP contribution in [0.4, 0.5) is 11.5 Å². The molecule has 2 rings (SSSR count). The molecule has 1 aromatic heterocycles. The Kier molecular flexibility index (Phi) is 3.21. The Hall–Kier alpha value is -1.34. The zero-order valence-corrected chi connectivity index (χ0v) is 10.5. The van der Waals surface area contributed by atoms with Crippen molar-refractivity contribution in [2.24, 2.45) is 0 Å². The molecule has 0 unspecified atom stereocenters. The van der Waals surface area contributed by atoms with E-state index in [1.165, 1.54) is 10.6 Å². The van der Waals surface area contributed by atoms with E-state index in [1.54, 1.807) is 12.3 Å². The Balaban J connectivity index is 2.05. The summed E-state index contributed by atoms with van der Waals surface area (Å²) in [4.78, 5) is 6.04. The summed E-state index contributed by atoms with van der Waals surface area (Å²) in [5, 5.41) is 0. The summed E-state index contributed by atoms with van der Waals surface area (Å²) >= 11 is 0. The fourth-order valence-electron chi connectivity index (χ4n) is 1.91. The van der Waals surface area contributed by atoms with E-state index in [9.17, 15) is 8.42 Å². The molecule has 1 aliphatic rings. The number of hydrogen-bond acceptors (Lipinski definition) is 5. The molecule has 2 N–H and O–H groups in total. The van der Waals surface area contributed by atoms with E-state index in [4.69, 9.17) is 5.73 Å². The minimum atomic E-state index is -3.07. The number of nitrogen functional groups attached to an aromatic ring is 1. The lowest BCUT2D eigenvalue weighted by atomic mass is 10.3. The second kappa shape index (κ2) is 4.50. The van der Waals surface area contributed by atoms with Crippen molar-refractivity contribution in [1.82, 2.24) is 9.29 Å². The van der Waals surface area contributed by atoms with Gasteiger partial charge in [0.05, 0.1) is 6.26 Å². The van der Waals surface area contributed by atoms with E-state index < -0.39 is 10.0 Å². The maximum Gasteiger partial charge on any atom is 0.211 e. The van der Waals surface area contributed by atoms with E-state index in [0.29, 0.717) is 32.0 Å².